The highest BCUT2D eigenvalue weighted by Crippen LogP contribution is 2.51. The Labute approximate surface area is 119 Å². The molecule has 1 unspecified atom stereocenters. The van der Waals surface area contributed by atoms with Crippen molar-refractivity contribution in [2.45, 2.75) is 31.5 Å². The standard InChI is InChI=1S/C15H22N2O3/c1-18-12-6-9-8-17(10-4-5-10)11(7-16)13(9)15(20-3)14(12)19-2/h6,10-11H,4-5,7-8,16H2,1-3H3. The third-order valence-electron chi connectivity index (χ3n) is 4.28. The minimum absolute atomic E-state index is 0.215. The third kappa shape index (κ3) is 1.93. The monoisotopic (exact) mass is 278 g/mol. The van der Waals surface area contributed by atoms with Crippen LogP contribution in [0.4, 0.5) is 0 Å². The van der Waals surface area contributed by atoms with E-state index < -0.39 is 0 Å². The van der Waals surface area contributed by atoms with E-state index in [4.69, 9.17) is 19.9 Å². The molecule has 1 aromatic rings. The van der Waals surface area contributed by atoms with Gasteiger partial charge >= 0.3 is 0 Å². The largest absolute Gasteiger partial charge is 0.493 e. The van der Waals surface area contributed by atoms with Gasteiger partial charge in [-0.05, 0) is 24.5 Å². The molecule has 0 saturated heterocycles. The van der Waals surface area contributed by atoms with Crippen LogP contribution in [0.25, 0.3) is 0 Å². The van der Waals surface area contributed by atoms with Crippen LogP contribution in [0, 0.1) is 0 Å². The van der Waals surface area contributed by atoms with Crippen LogP contribution in [0.1, 0.15) is 30.0 Å². The first kappa shape index (κ1) is 13.5. The van der Waals surface area contributed by atoms with E-state index in [-0.39, 0.29) is 6.04 Å². The van der Waals surface area contributed by atoms with Crippen molar-refractivity contribution >= 4 is 0 Å². The molecule has 5 heteroatoms. The second-order valence-electron chi connectivity index (χ2n) is 5.37. The fraction of sp³-hybridized carbons (Fsp3) is 0.600. The Morgan fingerprint density at radius 1 is 1.15 bits per heavy atom. The molecule has 1 fully saturated rings. The Hall–Kier alpha value is -1.46. The SMILES string of the molecule is COc1cc2c(c(OC)c1OC)C(CN)N(C1CC1)C2. The summed E-state index contributed by atoms with van der Waals surface area (Å²) in [6, 6.07) is 2.94. The topological polar surface area (TPSA) is 57.0 Å². The van der Waals surface area contributed by atoms with Gasteiger partial charge in [0.2, 0.25) is 5.75 Å². The van der Waals surface area contributed by atoms with Gasteiger partial charge in [-0.1, -0.05) is 0 Å². The number of hydrogen-bond acceptors (Lipinski definition) is 5. The second kappa shape index (κ2) is 5.14. The lowest BCUT2D eigenvalue weighted by atomic mass is 10.0. The molecule has 2 N–H and O–H groups in total. The molecule has 0 bridgehead atoms. The van der Waals surface area contributed by atoms with E-state index in [2.05, 4.69) is 11.0 Å². The number of rotatable bonds is 5. The summed E-state index contributed by atoms with van der Waals surface area (Å²) >= 11 is 0. The van der Waals surface area contributed by atoms with Crippen LogP contribution >= 0.6 is 0 Å². The maximum absolute atomic E-state index is 6.02. The Kier molecular flexibility index (Phi) is 3.48. The van der Waals surface area contributed by atoms with Gasteiger partial charge in [-0.3, -0.25) is 4.90 Å². The van der Waals surface area contributed by atoms with Crippen molar-refractivity contribution in [3.05, 3.63) is 17.2 Å². The highest BCUT2D eigenvalue weighted by atomic mass is 16.5. The van der Waals surface area contributed by atoms with Crippen LogP contribution in [-0.4, -0.2) is 38.8 Å². The molecule has 1 aliphatic carbocycles. The molecular weight excluding hydrogens is 256 g/mol. The first-order valence-electron chi connectivity index (χ1n) is 7.02. The fourth-order valence-corrected chi connectivity index (χ4v) is 3.24. The fourth-order valence-electron chi connectivity index (χ4n) is 3.24. The van der Waals surface area contributed by atoms with Crippen LogP contribution in [-0.2, 0) is 6.54 Å². The van der Waals surface area contributed by atoms with Crippen LogP contribution in [0.3, 0.4) is 0 Å². The lowest BCUT2D eigenvalue weighted by Crippen LogP contribution is -2.29. The minimum Gasteiger partial charge on any atom is -0.493 e. The maximum Gasteiger partial charge on any atom is 0.203 e. The van der Waals surface area contributed by atoms with Crippen molar-refractivity contribution in [1.29, 1.82) is 0 Å². The molecular formula is C15H22N2O3. The number of fused-ring (bicyclic) bond motifs is 1. The van der Waals surface area contributed by atoms with Gasteiger partial charge in [0.1, 0.15) is 0 Å². The third-order valence-corrected chi connectivity index (χ3v) is 4.28. The molecule has 1 aliphatic heterocycles. The molecule has 0 amide bonds. The first-order chi connectivity index (χ1) is 9.74. The van der Waals surface area contributed by atoms with Crippen LogP contribution in [0.15, 0.2) is 6.07 Å². The Morgan fingerprint density at radius 3 is 2.35 bits per heavy atom. The maximum atomic E-state index is 6.02. The van der Waals surface area contributed by atoms with Gasteiger partial charge < -0.3 is 19.9 Å². The summed E-state index contributed by atoms with van der Waals surface area (Å²) in [5, 5.41) is 0. The summed E-state index contributed by atoms with van der Waals surface area (Å²) in [5.41, 5.74) is 8.43. The molecule has 20 heavy (non-hydrogen) atoms. The van der Waals surface area contributed by atoms with Gasteiger partial charge in [0.15, 0.2) is 11.5 Å². The number of methoxy groups -OCH3 is 3. The van der Waals surface area contributed by atoms with Crippen molar-refractivity contribution < 1.29 is 14.2 Å². The van der Waals surface area contributed by atoms with E-state index in [0.29, 0.717) is 18.3 Å². The van der Waals surface area contributed by atoms with Crippen molar-refractivity contribution in [2.75, 3.05) is 27.9 Å². The molecule has 1 aromatic carbocycles. The number of nitrogens with zero attached hydrogens (tertiary/aromatic N) is 1. The van der Waals surface area contributed by atoms with Crippen LogP contribution < -0.4 is 19.9 Å². The summed E-state index contributed by atoms with van der Waals surface area (Å²) in [7, 11) is 4.96. The second-order valence-corrected chi connectivity index (χ2v) is 5.37. The molecule has 2 aliphatic rings. The van der Waals surface area contributed by atoms with Crippen molar-refractivity contribution in [1.82, 2.24) is 4.90 Å². The molecule has 1 saturated carbocycles. The van der Waals surface area contributed by atoms with Crippen LogP contribution in [0.5, 0.6) is 17.2 Å². The Balaban J connectivity index is 2.12. The molecule has 0 radical (unpaired) electrons. The lowest BCUT2D eigenvalue weighted by Gasteiger charge is -2.24. The van der Waals surface area contributed by atoms with E-state index >= 15 is 0 Å². The van der Waals surface area contributed by atoms with E-state index in [9.17, 15) is 0 Å². The summed E-state index contributed by atoms with van der Waals surface area (Å²) in [4.78, 5) is 2.48. The summed E-state index contributed by atoms with van der Waals surface area (Å²) in [5.74, 6) is 2.14. The number of ether oxygens (including phenoxy) is 3. The molecule has 0 aromatic heterocycles. The Bertz CT molecular complexity index is 514. The molecule has 1 atom stereocenters. The average molecular weight is 278 g/mol. The van der Waals surface area contributed by atoms with Crippen LogP contribution in [0.2, 0.25) is 0 Å². The predicted molar refractivity (Wildman–Crippen MR) is 76.5 cm³/mol. The number of benzene rings is 1. The highest BCUT2D eigenvalue weighted by Gasteiger charge is 2.42. The van der Waals surface area contributed by atoms with Gasteiger partial charge in [0.25, 0.3) is 0 Å². The molecule has 1 heterocycles. The van der Waals surface area contributed by atoms with E-state index in [1.54, 1.807) is 21.3 Å². The van der Waals surface area contributed by atoms with Gasteiger partial charge in [-0.25, -0.2) is 0 Å². The normalized spacial score (nSPS) is 21.7. The molecule has 110 valence electrons. The van der Waals surface area contributed by atoms with Gasteiger partial charge in [-0.2, -0.15) is 0 Å². The van der Waals surface area contributed by atoms with E-state index in [1.165, 1.54) is 24.0 Å². The van der Waals surface area contributed by atoms with Gasteiger partial charge in [0.05, 0.1) is 27.4 Å². The first-order valence-corrected chi connectivity index (χ1v) is 7.02. The van der Waals surface area contributed by atoms with Crippen molar-refractivity contribution in [3.63, 3.8) is 0 Å². The zero-order valence-corrected chi connectivity index (χ0v) is 12.3. The van der Waals surface area contributed by atoms with E-state index in [1.807, 2.05) is 0 Å². The average Bonchev–Trinajstić information content (AvgIpc) is 3.25. The van der Waals surface area contributed by atoms with Crippen molar-refractivity contribution in [2.24, 2.45) is 5.73 Å². The number of hydrogen-bond donors (Lipinski definition) is 1. The summed E-state index contributed by atoms with van der Waals surface area (Å²) in [6.07, 6.45) is 2.53. The quantitative estimate of drug-likeness (QED) is 0.888. The molecule has 5 nitrogen and oxygen atoms in total. The zero-order chi connectivity index (χ0) is 14.3. The Morgan fingerprint density at radius 2 is 1.85 bits per heavy atom. The van der Waals surface area contributed by atoms with Gasteiger partial charge in [0, 0.05) is 24.7 Å². The van der Waals surface area contributed by atoms with E-state index in [0.717, 1.165) is 18.0 Å². The summed E-state index contributed by atoms with van der Waals surface area (Å²) < 4.78 is 16.5. The lowest BCUT2D eigenvalue weighted by molar-refractivity contribution is 0.206. The minimum atomic E-state index is 0.215. The summed E-state index contributed by atoms with van der Waals surface area (Å²) in [6.45, 7) is 1.51. The smallest absolute Gasteiger partial charge is 0.203 e. The predicted octanol–water partition coefficient (Wildman–Crippen LogP) is 1.69. The van der Waals surface area contributed by atoms with Gasteiger partial charge in [-0.15, -0.1) is 0 Å². The van der Waals surface area contributed by atoms with Crippen molar-refractivity contribution in [3.8, 4) is 17.2 Å². The number of nitrogens with two attached hydrogens (primary N) is 1. The highest BCUT2D eigenvalue weighted by molar-refractivity contribution is 5.61. The molecule has 3 rings (SSSR count). The zero-order valence-electron chi connectivity index (χ0n) is 12.3. The molecule has 0 spiro atoms.